The molecule has 0 saturated heterocycles. The number of hydrogen-bond acceptors (Lipinski definition) is 4. The van der Waals surface area contributed by atoms with Gasteiger partial charge in [0.1, 0.15) is 17.3 Å². The summed E-state index contributed by atoms with van der Waals surface area (Å²) in [5.74, 6) is 1.14. The zero-order chi connectivity index (χ0) is 25.3. The van der Waals surface area contributed by atoms with Gasteiger partial charge in [0.15, 0.2) is 0 Å². The molecule has 2 amide bonds. The molecular weight excluding hydrogens is 452 g/mol. The number of fused-ring (bicyclic) bond motifs is 1. The summed E-state index contributed by atoms with van der Waals surface area (Å²) in [6, 6.07) is 24.0. The molecule has 3 N–H and O–H groups in total. The van der Waals surface area contributed by atoms with Gasteiger partial charge in [-0.15, -0.1) is 0 Å². The minimum absolute atomic E-state index is 0.163. The number of ether oxygens (including phenoxy) is 1. The molecule has 0 bridgehead atoms. The summed E-state index contributed by atoms with van der Waals surface area (Å²) in [7, 11) is 0. The SMILES string of the molecule is CC(C)COc1ccc(C(=O)NC(=Cc2ccccc2)C(=O)NCCc2nc3ccccc3[nH]2)cc1. The third-order valence-corrected chi connectivity index (χ3v) is 5.39. The Bertz CT molecular complexity index is 1310. The van der Waals surface area contributed by atoms with E-state index in [9.17, 15) is 9.59 Å². The van der Waals surface area contributed by atoms with E-state index in [1.54, 1.807) is 30.3 Å². The minimum Gasteiger partial charge on any atom is -0.493 e. The molecule has 0 aliphatic rings. The van der Waals surface area contributed by atoms with Gasteiger partial charge in [-0.05, 0) is 54.0 Å². The van der Waals surface area contributed by atoms with Gasteiger partial charge >= 0.3 is 0 Å². The molecule has 0 aliphatic carbocycles. The highest BCUT2D eigenvalue weighted by Crippen LogP contribution is 2.14. The summed E-state index contributed by atoms with van der Waals surface area (Å²) >= 11 is 0. The molecule has 0 atom stereocenters. The number of para-hydroxylation sites is 2. The molecule has 0 fully saturated rings. The Morgan fingerprint density at radius 1 is 0.972 bits per heavy atom. The zero-order valence-corrected chi connectivity index (χ0v) is 20.5. The van der Waals surface area contributed by atoms with Crippen LogP contribution in [0.3, 0.4) is 0 Å². The number of carbonyl (C=O) groups excluding carboxylic acids is 2. The molecule has 4 aromatic rings. The summed E-state index contributed by atoms with van der Waals surface area (Å²) in [5, 5.41) is 5.65. The van der Waals surface area contributed by atoms with E-state index in [1.807, 2.05) is 54.6 Å². The second kappa shape index (κ2) is 11.8. The Hall–Kier alpha value is -4.39. The molecule has 0 aliphatic heterocycles. The average molecular weight is 483 g/mol. The number of hydrogen-bond donors (Lipinski definition) is 3. The first-order chi connectivity index (χ1) is 17.5. The monoisotopic (exact) mass is 482 g/mol. The van der Waals surface area contributed by atoms with E-state index in [4.69, 9.17) is 4.74 Å². The highest BCUT2D eigenvalue weighted by molar-refractivity contribution is 6.05. The van der Waals surface area contributed by atoms with Crippen LogP contribution < -0.4 is 15.4 Å². The quantitative estimate of drug-likeness (QED) is 0.285. The Labute approximate surface area is 210 Å². The van der Waals surface area contributed by atoms with Crippen LogP contribution in [-0.4, -0.2) is 34.9 Å². The number of rotatable bonds is 10. The van der Waals surface area contributed by atoms with Crippen LogP contribution in [0.15, 0.2) is 84.6 Å². The second-order valence-electron chi connectivity index (χ2n) is 8.86. The average Bonchev–Trinajstić information content (AvgIpc) is 3.30. The number of nitrogens with one attached hydrogen (secondary N) is 3. The highest BCUT2D eigenvalue weighted by atomic mass is 16.5. The first-order valence-electron chi connectivity index (χ1n) is 12.0. The fraction of sp³-hybridized carbons (Fsp3) is 0.207. The van der Waals surface area contributed by atoms with Gasteiger partial charge in [-0.1, -0.05) is 56.3 Å². The maximum absolute atomic E-state index is 13.0. The number of amides is 2. The summed E-state index contributed by atoms with van der Waals surface area (Å²) in [4.78, 5) is 33.8. The van der Waals surface area contributed by atoms with E-state index in [1.165, 1.54) is 0 Å². The number of H-pyrrole nitrogens is 1. The second-order valence-corrected chi connectivity index (χ2v) is 8.86. The lowest BCUT2D eigenvalue weighted by molar-refractivity contribution is -0.117. The van der Waals surface area contributed by atoms with Crippen molar-refractivity contribution in [3.8, 4) is 5.75 Å². The first kappa shape index (κ1) is 24.7. The molecule has 0 radical (unpaired) electrons. The molecule has 1 aromatic heterocycles. The van der Waals surface area contributed by atoms with Crippen LogP contribution in [0.2, 0.25) is 0 Å². The highest BCUT2D eigenvalue weighted by Gasteiger charge is 2.15. The molecule has 3 aromatic carbocycles. The van der Waals surface area contributed by atoms with Crippen molar-refractivity contribution < 1.29 is 14.3 Å². The van der Waals surface area contributed by atoms with Crippen LogP contribution in [0.1, 0.15) is 35.6 Å². The molecule has 0 unspecified atom stereocenters. The minimum atomic E-state index is -0.375. The largest absolute Gasteiger partial charge is 0.493 e. The van der Waals surface area contributed by atoms with Crippen LogP contribution in [0.5, 0.6) is 5.75 Å². The Balaban J connectivity index is 1.42. The van der Waals surface area contributed by atoms with Crippen LogP contribution in [0.25, 0.3) is 17.1 Å². The van der Waals surface area contributed by atoms with Gasteiger partial charge in [-0.3, -0.25) is 9.59 Å². The Kier molecular flexibility index (Phi) is 8.13. The standard InChI is InChI=1S/C29H30N4O3/c1-20(2)19-36-23-14-12-22(13-15-23)28(34)33-26(18-21-8-4-3-5-9-21)29(35)30-17-16-27-31-24-10-6-7-11-25(24)32-27/h3-15,18,20H,16-17,19H2,1-2H3,(H,30,35)(H,31,32)(H,33,34). The Morgan fingerprint density at radius 3 is 2.42 bits per heavy atom. The molecular formula is C29H30N4O3. The topological polar surface area (TPSA) is 96.1 Å². The lowest BCUT2D eigenvalue weighted by atomic mass is 10.1. The molecule has 7 heteroatoms. The van der Waals surface area contributed by atoms with Gasteiger partial charge in [0.05, 0.1) is 17.6 Å². The normalized spacial score (nSPS) is 11.5. The van der Waals surface area contributed by atoms with E-state index >= 15 is 0 Å². The van der Waals surface area contributed by atoms with Crippen LogP contribution in [0, 0.1) is 5.92 Å². The predicted molar refractivity (Wildman–Crippen MR) is 141 cm³/mol. The number of carbonyl (C=O) groups is 2. The number of imidazole rings is 1. The van der Waals surface area contributed by atoms with E-state index < -0.39 is 0 Å². The van der Waals surface area contributed by atoms with Gasteiger partial charge in [0.2, 0.25) is 0 Å². The number of aromatic nitrogens is 2. The van der Waals surface area contributed by atoms with Crippen LogP contribution in [0.4, 0.5) is 0 Å². The van der Waals surface area contributed by atoms with Gasteiger partial charge in [0.25, 0.3) is 11.8 Å². The van der Waals surface area contributed by atoms with Gasteiger partial charge in [0, 0.05) is 18.5 Å². The maximum atomic E-state index is 13.0. The van der Waals surface area contributed by atoms with Crippen LogP contribution in [-0.2, 0) is 11.2 Å². The van der Waals surface area contributed by atoms with E-state index in [2.05, 4.69) is 34.4 Å². The van der Waals surface area contributed by atoms with Gasteiger partial charge < -0.3 is 20.4 Å². The van der Waals surface area contributed by atoms with Gasteiger partial charge in [-0.25, -0.2) is 4.98 Å². The number of nitrogens with zero attached hydrogens (tertiary/aromatic N) is 1. The summed E-state index contributed by atoms with van der Waals surface area (Å²) in [5.41, 5.74) is 3.24. The third-order valence-electron chi connectivity index (χ3n) is 5.39. The molecule has 4 rings (SSSR count). The van der Waals surface area contributed by atoms with Crippen molar-refractivity contribution in [2.75, 3.05) is 13.2 Å². The van der Waals surface area contributed by atoms with Crippen molar-refractivity contribution in [3.63, 3.8) is 0 Å². The van der Waals surface area contributed by atoms with Gasteiger partial charge in [-0.2, -0.15) is 0 Å². The maximum Gasteiger partial charge on any atom is 0.267 e. The van der Waals surface area contributed by atoms with Crippen molar-refractivity contribution in [1.29, 1.82) is 0 Å². The summed E-state index contributed by atoms with van der Waals surface area (Å²) in [6.45, 7) is 5.11. The predicted octanol–water partition coefficient (Wildman–Crippen LogP) is 4.73. The van der Waals surface area contributed by atoms with E-state index in [0.29, 0.717) is 36.8 Å². The molecule has 1 heterocycles. The lowest BCUT2D eigenvalue weighted by Gasteiger charge is -2.12. The zero-order valence-electron chi connectivity index (χ0n) is 20.5. The van der Waals surface area contributed by atoms with E-state index in [-0.39, 0.29) is 17.5 Å². The molecule has 36 heavy (non-hydrogen) atoms. The molecule has 7 nitrogen and oxygen atoms in total. The fourth-order valence-corrected chi connectivity index (χ4v) is 3.55. The van der Waals surface area contributed by atoms with E-state index in [0.717, 1.165) is 22.4 Å². The van der Waals surface area contributed by atoms with Crippen LogP contribution >= 0.6 is 0 Å². The summed E-state index contributed by atoms with van der Waals surface area (Å²) < 4.78 is 5.69. The Morgan fingerprint density at radius 2 is 1.69 bits per heavy atom. The molecule has 0 spiro atoms. The van der Waals surface area contributed by atoms with Crippen molar-refractivity contribution in [2.45, 2.75) is 20.3 Å². The third kappa shape index (κ3) is 6.82. The smallest absolute Gasteiger partial charge is 0.267 e. The molecule has 184 valence electrons. The van der Waals surface area contributed by atoms with Crippen molar-refractivity contribution in [2.24, 2.45) is 5.92 Å². The number of aromatic amines is 1. The fourth-order valence-electron chi connectivity index (χ4n) is 3.55. The summed E-state index contributed by atoms with van der Waals surface area (Å²) in [6.07, 6.45) is 2.19. The van der Waals surface area contributed by atoms with Crippen molar-refractivity contribution in [1.82, 2.24) is 20.6 Å². The molecule has 0 saturated carbocycles. The van der Waals surface area contributed by atoms with Crippen molar-refractivity contribution in [3.05, 3.63) is 102 Å². The number of benzene rings is 3. The lowest BCUT2D eigenvalue weighted by Crippen LogP contribution is -2.35. The van der Waals surface area contributed by atoms with Crippen molar-refractivity contribution >= 4 is 28.9 Å². The first-order valence-corrected chi connectivity index (χ1v) is 12.0.